The van der Waals surface area contributed by atoms with E-state index in [0.717, 1.165) is 59.4 Å². The van der Waals surface area contributed by atoms with Crippen LogP contribution in [-0.2, 0) is 29.1 Å². The maximum absolute atomic E-state index is 14.1. The van der Waals surface area contributed by atoms with Crippen LogP contribution in [0.2, 0.25) is 0 Å². The number of benzene rings is 2. The number of rotatable bonds is 6. The molecule has 2 aromatic carbocycles. The molecule has 0 radical (unpaired) electrons. The highest BCUT2D eigenvalue weighted by Gasteiger charge is 2.42. The molecule has 7 heteroatoms. The Balaban J connectivity index is 1.44. The molecule has 1 amide bonds. The van der Waals surface area contributed by atoms with E-state index in [0.29, 0.717) is 6.54 Å². The second kappa shape index (κ2) is 10.2. The average Bonchev–Trinajstić information content (AvgIpc) is 3.28. The third-order valence-corrected chi connectivity index (χ3v) is 7.92. The van der Waals surface area contributed by atoms with Crippen molar-refractivity contribution in [3.63, 3.8) is 0 Å². The molecule has 3 aromatic rings. The topological polar surface area (TPSA) is 101 Å². The van der Waals surface area contributed by atoms with Crippen LogP contribution in [0.15, 0.2) is 54.9 Å². The number of hydrogen-bond acceptors (Lipinski definition) is 4. The normalized spacial score (nSPS) is 19.0. The molecule has 2 atom stereocenters. The van der Waals surface area contributed by atoms with Gasteiger partial charge in [0.05, 0.1) is 24.5 Å². The van der Waals surface area contributed by atoms with E-state index in [1.807, 2.05) is 60.0 Å². The van der Waals surface area contributed by atoms with Crippen LogP contribution in [0, 0.1) is 12.8 Å². The Bertz CT molecular complexity index is 1250. The van der Waals surface area contributed by atoms with Gasteiger partial charge in [-0.25, -0.2) is 9.78 Å². The van der Waals surface area contributed by atoms with E-state index in [-0.39, 0.29) is 30.7 Å². The number of aromatic nitrogens is 2. The third kappa shape index (κ3) is 4.74. The zero-order chi connectivity index (χ0) is 25.2. The van der Waals surface area contributed by atoms with Gasteiger partial charge in [0, 0.05) is 24.3 Å². The molecule has 7 nitrogen and oxygen atoms in total. The monoisotopic (exact) mass is 486 g/mol. The van der Waals surface area contributed by atoms with Crippen molar-refractivity contribution in [2.45, 2.75) is 70.5 Å². The SMILES string of the molecule is Cc1cc(Cn2cnc3c2C[C@@H](C(=O)O)N(C(=O)C(c2ccccc2)C2CCCCC2)C3)ccc1N. The molecule has 1 unspecified atom stereocenters. The van der Waals surface area contributed by atoms with E-state index in [1.165, 1.54) is 6.42 Å². The van der Waals surface area contributed by atoms with Crippen molar-refractivity contribution >= 4 is 17.6 Å². The van der Waals surface area contributed by atoms with Gasteiger partial charge in [-0.2, -0.15) is 0 Å². The van der Waals surface area contributed by atoms with E-state index < -0.39 is 12.0 Å². The smallest absolute Gasteiger partial charge is 0.326 e. The maximum Gasteiger partial charge on any atom is 0.326 e. The fraction of sp³-hybridized carbons (Fsp3) is 0.414. The van der Waals surface area contributed by atoms with E-state index in [4.69, 9.17) is 5.73 Å². The number of anilines is 1. The first-order chi connectivity index (χ1) is 17.4. The lowest BCUT2D eigenvalue weighted by atomic mass is 9.75. The van der Waals surface area contributed by atoms with E-state index in [1.54, 1.807) is 11.2 Å². The van der Waals surface area contributed by atoms with Crippen molar-refractivity contribution in [3.05, 3.63) is 82.9 Å². The number of amides is 1. The minimum atomic E-state index is -0.972. The Morgan fingerprint density at radius 3 is 2.56 bits per heavy atom. The molecule has 2 aliphatic rings. The number of carbonyl (C=O) groups is 2. The number of aliphatic carboxylic acids is 1. The number of carboxylic acids is 1. The molecule has 188 valence electrons. The van der Waals surface area contributed by atoms with Crippen LogP contribution < -0.4 is 5.73 Å². The van der Waals surface area contributed by atoms with Crippen LogP contribution in [0.5, 0.6) is 0 Å². The summed E-state index contributed by atoms with van der Waals surface area (Å²) in [6.45, 7) is 2.77. The lowest BCUT2D eigenvalue weighted by Crippen LogP contribution is -2.51. The largest absolute Gasteiger partial charge is 0.480 e. The molecule has 0 bridgehead atoms. The zero-order valence-electron chi connectivity index (χ0n) is 20.8. The summed E-state index contributed by atoms with van der Waals surface area (Å²) in [5.41, 5.74) is 11.4. The number of hydrogen-bond donors (Lipinski definition) is 2. The van der Waals surface area contributed by atoms with Gasteiger partial charge < -0.3 is 20.3 Å². The molecule has 1 saturated carbocycles. The Hall–Kier alpha value is -3.61. The minimum Gasteiger partial charge on any atom is -0.480 e. The van der Waals surface area contributed by atoms with E-state index in [2.05, 4.69) is 4.98 Å². The maximum atomic E-state index is 14.1. The van der Waals surface area contributed by atoms with Gasteiger partial charge in [-0.15, -0.1) is 0 Å². The Labute approximate surface area is 211 Å². The average molecular weight is 487 g/mol. The Kier molecular flexibility index (Phi) is 6.81. The highest BCUT2D eigenvalue weighted by atomic mass is 16.4. The zero-order valence-corrected chi connectivity index (χ0v) is 20.8. The molecule has 3 N–H and O–H groups in total. The number of imidazole rings is 1. The van der Waals surface area contributed by atoms with E-state index >= 15 is 0 Å². The molecule has 1 fully saturated rings. The van der Waals surface area contributed by atoms with Gasteiger partial charge in [0.1, 0.15) is 6.04 Å². The van der Waals surface area contributed by atoms with Crippen molar-refractivity contribution in [2.24, 2.45) is 5.92 Å². The number of aryl methyl sites for hydroxylation is 1. The van der Waals surface area contributed by atoms with Crippen molar-refractivity contribution in [1.29, 1.82) is 0 Å². The summed E-state index contributed by atoms with van der Waals surface area (Å²) in [6, 6.07) is 14.9. The van der Waals surface area contributed by atoms with Gasteiger partial charge in [-0.05, 0) is 48.4 Å². The number of carbonyl (C=O) groups excluding carboxylic acids is 1. The number of carboxylic acid groups (broad SMARTS) is 1. The predicted molar refractivity (Wildman–Crippen MR) is 138 cm³/mol. The number of fused-ring (bicyclic) bond motifs is 1. The first kappa shape index (κ1) is 24.1. The first-order valence-electron chi connectivity index (χ1n) is 12.9. The Morgan fingerprint density at radius 1 is 1.11 bits per heavy atom. The molecule has 2 heterocycles. The highest BCUT2D eigenvalue weighted by molar-refractivity contribution is 5.89. The Morgan fingerprint density at radius 2 is 1.86 bits per heavy atom. The first-order valence-corrected chi connectivity index (χ1v) is 12.9. The van der Waals surface area contributed by atoms with Gasteiger partial charge in [0.2, 0.25) is 5.91 Å². The molecular weight excluding hydrogens is 452 g/mol. The molecule has 36 heavy (non-hydrogen) atoms. The third-order valence-electron chi connectivity index (χ3n) is 7.92. The van der Waals surface area contributed by atoms with Crippen LogP contribution in [-0.4, -0.2) is 37.5 Å². The van der Waals surface area contributed by atoms with Crippen molar-refractivity contribution in [2.75, 3.05) is 5.73 Å². The van der Waals surface area contributed by atoms with Crippen LogP contribution >= 0.6 is 0 Å². The molecule has 0 saturated heterocycles. The van der Waals surface area contributed by atoms with Gasteiger partial charge in [0.15, 0.2) is 0 Å². The van der Waals surface area contributed by atoms with Crippen LogP contribution in [0.4, 0.5) is 5.69 Å². The fourth-order valence-electron chi connectivity index (χ4n) is 5.93. The lowest BCUT2D eigenvalue weighted by Gasteiger charge is -2.38. The summed E-state index contributed by atoms with van der Waals surface area (Å²) in [5, 5.41) is 10.2. The summed E-state index contributed by atoms with van der Waals surface area (Å²) in [7, 11) is 0. The second-order valence-corrected chi connectivity index (χ2v) is 10.3. The van der Waals surface area contributed by atoms with Crippen molar-refractivity contribution in [3.8, 4) is 0 Å². The highest BCUT2D eigenvalue weighted by Crippen LogP contribution is 2.39. The molecule has 5 rings (SSSR count). The lowest BCUT2D eigenvalue weighted by molar-refractivity contribution is -0.153. The summed E-state index contributed by atoms with van der Waals surface area (Å²) >= 11 is 0. The van der Waals surface area contributed by atoms with Gasteiger partial charge in [-0.3, -0.25) is 4.79 Å². The predicted octanol–water partition coefficient (Wildman–Crippen LogP) is 4.52. The number of nitrogen functional groups attached to an aromatic ring is 1. The number of nitrogens with zero attached hydrogens (tertiary/aromatic N) is 3. The molecule has 0 spiro atoms. The fourth-order valence-corrected chi connectivity index (χ4v) is 5.93. The minimum absolute atomic E-state index is 0.0881. The molecule has 1 aliphatic heterocycles. The summed E-state index contributed by atoms with van der Waals surface area (Å²) < 4.78 is 2.01. The van der Waals surface area contributed by atoms with Crippen LogP contribution in [0.25, 0.3) is 0 Å². The van der Waals surface area contributed by atoms with Crippen molar-refractivity contribution in [1.82, 2.24) is 14.5 Å². The van der Waals surface area contributed by atoms with Crippen molar-refractivity contribution < 1.29 is 14.7 Å². The summed E-state index contributed by atoms with van der Waals surface area (Å²) in [4.78, 5) is 32.7. The van der Waals surface area contributed by atoms with Crippen LogP contribution in [0.3, 0.4) is 0 Å². The molecule has 1 aromatic heterocycles. The van der Waals surface area contributed by atoms with Gasteiger partial charge >= 0.3 is 5.97 Å². The standard InChI is InChI=1S/C29H34N4O3/c1-19-14-20(12-13-23(19)30)16-32-18-31-24-17-33(26(29(35)36)15-25(24)32)28(34)27(21-8-4-2-5-9-21)22-10-6-3-7-11-22/h2,4-5,8-9,12-14,18,22,26-27H,3,6-7,10-11,15-17,30H2,1H3,(H,35,36)/t26-,27?/m0/s1. The summed E-state index contributed by atoms with van der Waals surface area (Å²) in [5.74, 6) is -1.15. The summed E-state index contributed by atoms with van der Waals surface area (Å²) in [6.07, 6.45) is 7.43. The number of nitrogens with two attached hydrogens (primary N) is 1. The molecule has 1 aliphatic carbocycles. The van der Waals surface area contributed by atoms with Gasteiger partial charge in [0.25, 0.3) is 0 Å². The van der Waals surface area contributed by atoms with E-state index in [9.17, 15) is 14.7 Å². The van der Waals surface area contributed by atoms with Gasteiger partial charge in [-0.1, -0.05) is 61.7 Å². The molecular formula is C29H34N4O3. The second-order valence-electron chi connectivity index (χ2n) is 10.3. The quantitative estimate of drug-likeness (QED) is 0.499. The van der Waals surface area contributed by atoms with Crippen LogP contribution in [0.1, 0.15) is 66.1 Å².